The molecule has 1 aliphatic heterocycles. The molecule has 1 fully saturated rings. The number of amides is 1. The Morgan fingerprint density at radius 1 is 1.35 bits per heavy atom. The van der Waals surface area contributed by atoms with E-state index in [1.54, 1.807) is 24.3 Å². The molecule has 1 amide bonds. The van der Waals surface area contributed by atoms with E-state index >= 15 is 0 Å². The van der Waals surface area contributed by atoms with E-state index in [1.807, 2.05) is 6.07 Å². The maximum atomic E-state index is 12.8. The van der Waals surface area contributed by atoms with Crippen molar-refractivity contribution in [1.29, 1.82) is 0 Å². The Kier molecular flexibility index (Phi) is 4.56. The molecule has 4 rings (SSSR count). The molecule has 2 aromatic heterocycles. The van der Waals surface area contributed by atoms with Gasteiger partial charge in [-0.2, -0.15) is 0 Å². The van der Waals surface area contributed by atoms with E-state index in [9.17, 15) is 9.59 Å². The van der Waals surface area contributed by atoms with Crippen molar-refractivity contribution in [3.8, 4) is 0 Å². The summed E-state index contributed by atoms with van der Waals surface area (Å²) in [6, 6.07) is 8.96. The summed E-state index contributed by atoms with van der Waals surface area (Å²) in [5.74, 6) is -0.405. The molecular weight excluding hydrogens is 372 g/mol. The van der Waals surface area contributed by atoms with Crippen molar-refractivity contribution in [1.82, 2.24) is 4.90 Å². The van der Waals surface area contributed by atoms with Crippen molar-refractivity contribution >= 4 is 39.8 Å². The number of benzene rings is 1. The van der Waals surface area contributed by atoms with E-state index < -0.39 is 5.91 Å². The molecule has 0 spiro atoms. The second-order valence-corrected chi connectivity index (χ2v) is 7.98. The second-order valence-electron chi connectivity index (χ2n) is 6.43. The number of carbonyl (C=O) groups excluding carboxylic acids is 1. The van der Waals surface area contributed by atoms with Gasteiger partial charge in [0.25, 0.3) is 5.91 Å². The van der Waals surface area contributed by atoms with E-state index in [4.69, 9.17) is 21.8 Å². The first-order valence-corrected chi connectivity index (χ1v) is 9.56. The van der Waals surface area contributed by atoms with Gasteiger partial charge in [-0.05, 0) is 49.7 Å². The van der Waals surface area contributed by atoms with Crippen LogP contribution in [-0.4, -0.2) is 17.4 Å². The van der Waals surface area contributed by atoms with E-state index in [0.29, 0.717) is 33.0 Å². The Balaban J connectivity index is 1.63. The Morgan fingerprint density at radius 2 is 2.19 bits per heavy atom. The molecule has 2 N–H and O–H groups in total. The second kappa shape index (κ2) is 6.87. The number of hydrogen-bond acceptors (Lipinski definition) is 5. The number of rotatable bonds is 4. The average Bonchev–Trinajstić information content (AvgIpc) is 3.27. The number of nitrogens with zero attached hydrogens (tertiary/aromatic N) is 1. The van der Waals surface area contributed by atoms with Crippen LogP contribution in [-0.2, 0) is 6.54 Å². The quantitative estimate of drug-likeness (QED) is 0.734. The van der Waals surface area contributed by atoms with Crippen LogP contribution in [0.4, 0.5) is 0 Å². The van der Waals surface area contributed by atoms with Crippen LogP contribution in [0.15, 0.2) is 45.8 Å². The van der Waals surface area contributed by atoms with Crippen LogP contribution in [0.5, 0.6) is 0 Å². The summed E-state index contributed by atoms with van der Waals surface area (Å²) in [5, 5.41) is 1.01. The maximum absolute atomic E-state index is 12.8. The minimum atomic E-state index is -0.405. The summed E-state index contributed by atoms with van der Waals surface area (Å²) in [7, 11) is 0. The van der Waals surface area contributed by atoms with Gasteiger partial charge in [0.05, 0.1) is 16.5 Å². The van der Waals surface area contributed by atoms with Gasteiger partial charge < -0.3 is 10.2 Å². The van der Waals surface area contributed by atoms with Crippen molar-refractivity contribution in [3.63, 3.8) is 0 Å². The van der Waals surface area contributed by atoms with Crippen LogP contribution in [0.3, 0.4) is 0 Å². The number of carbonyl (C=O) groups is 1. The third-order valence-corrected chi connectivity index (χ3v) is 6.18. The van der Waals surface area contributed by atoms with Gasteiger partial charge in [-0.15, -0.1) is 11.3 Å². The molecule has 0 radical (unpaired) electrons. The van der Waals surface area contributed by atoms with Crippen LogP contribution >= 0.6 is 22.9 Å². The lowest BCUT2D eigenvalue weighted by Gasteiger charge is -2.23. The monoisotopic (exact) mass is 388 g/mol. The zero-order valence-corrected chi connectivity index (χ0v) is 15.5. The van der Waals surface area contributed by atoms with Crippen molar-refractivity contribution in [2.45, 2.75) is 25.4 Å². The molecule has 0 unspecified atom stereocenters. The molecule has 0 aliphatic carbocycles. The van der Waals surface area contributed by atoms with E-state index in [0.717, 1.165) is 24.3 Å². The van der Waals surface area contributed by atoms with Gasteiger partial charge >= 0.3 is 0 Å². The van der Waals surface area contributed by atoms with Gasteiger partial charge in [0.1, 0.15) is 5.58 Å². The van der Waals surface area contributed by atoms with Crippen molar-refractivity contribution in [2.75, 3.05) is 6.54 Å². The van der Waals surface area contributed by atoms with Gasteiger partial charge in [0.2, 0.25) is 0 Å². The Hall–Kier alpha value is -2.15. The summed E-state index contributed by atoms with van der Waals surface area (Å²) in [4.78, 5) is 28.1. The Morgan fingerprint density at radius 3 is 2.96 bits per heavy atom. The zero-order valence-electron chi connectivity index (χ0n) is 13.9. The Labute approximate surface area is 159 Å². The number of thiophene rings is 1. The summed E-state index contributed by atoms with van der Waals surface area (Å²) >= 11 is 7.44. The van der Waals surface area contributed by atoms with Crippen LogP contribution in [0.25, 0.3) is 11.0 Å². The molecule has 1 atom stereocenters. The van der Waals surface area contributed by atoms with Crippen molar-refractivity contribution < 1.29 is 9.21 Å². The third-order valence-electron chi connectivity index (χ3n) is 4.74. The summed E-state index contributed by atoms with van der Waals surface area (Å²) in [6.07, 6.45) is 3.57. The number of nitrogens with two attached hydrogens (primary N) is 1. The summed E-state index contributed by atoms with van der Waals surface area (Å²) < 4.78 is 5.62. The normalized spacial score (nSPS) is 17.8. The number of primary amides is 1. The molecule has 0 saturated carbocycles. The van der Waals surface area contributed by atoms with Crippen molar-refractivity contribution in [2.24, 2.45) is 5.73 Å². The first-order valence-electron chi connectivity index (χ1n) is 8.36. The van der Waals surface area contributed by atoms with Crippen LogP contribution in [0, 0.1) is 0 Å². The lowest BCUT2D eigenvalue weighted by molar-refractivity contribution is 0.100. The first-order chi connectivity index (χ1) is 12.5. The molecule has 7 heteroatoms. The highest BCUT2D eigenvalue weighted by atomic mass is 35.5. The first kappa shape index (κ1) is 17.3. The number of likely N-dealkylation sites (tertiary alicyclic amines) is 1. The number of halogens is 1. The lowest BCUT2D eigenvalue weighted by Crippen LogP contribution is -2.25. The maximum Gasteiger partial charge on any atom is 0.258 e. The van der Waals surface area contributed by atoms with Gasteiger partial charge in [-0.25, -0.2) is 0 Å². The van der Waals surface area contributed by atoms with Crippen LogP contribution in [0.2, 0.25) is 5.02 Å². The molecule has 0 bridgehead atoms. The van der Waals surface area contributed by atoms with Gasteiger partial charge in [0.15, 0.2) is 5.43 Å². The number of hydrogen-bond donors (Lipinski definition) is 1. The molecule has 3 heterocycles. The van der Waals surface area contributed by atoms with Gasteiger partial charge in [-0.1, -0.05) is 11.6 Å². The predicted octanol–water partition coefficient (Wildman–Crippen LogP) is 3.94. The minimum absolute atomic E-state index is 0.0524. The largest absolute Gasteiger partial charge is 0.464 e. The standard InChI is InChI=1S/C19H17ClN2O3S/c20-12-3-4-15-13(8-12)18(23)11(10-25-15)9-22-7-1-2-14(22)16-5-6-17(26-16)19(21)24/h3-6,8,10,14H,1-2,7,9H2,(H2,21,24)/t14-/m1/s1. The molecule has 1 aromatic carbocycles. The molecule has 26 heavy (non-hydrogen) atoms. The van der Waals surface area contributed by atoms with E-state index in [-0.39, 0.29) is 11.5 Å². The minimum Gasteiger partial charge on any atom is -0.464 e. The highest BCUT2D eigenvalue weighted by Gasteiger charge is 2.28. The van der Waals surface area contributed by atoms with Gasteiger partial charge in [0, 0.05) is 28.0 Å². The fraction of sp³-hybridized carbons (Fsp3) is 0.263. The molecule has 134 valence electrons. The molecule has 5 nitrogen and oxygen atoms in total. The molecule has 1 aliphatic rings. The highest BCUT2D eigenvalue weighted by molar-refractivity contribution is 7.14. The fourth-order valence-corrected chi connectivity index (χ4v) is 4.68. The summed E-state index contributed by atoms with van der Waals surface area (Å²) in [5.41, 5.74) is 6.45. The number of fused-ring (bicyclic) bond motifs is 1. The molecular formula is C19H17ClN2O3S. The van der Waals surface area contributed by atoms with Crippen LogP contribution in [0.1, 0.15) is 39.0 Å². The van der Waals surface area contributed by atoms with E-state index in [2.05, 4.69) is 4.90 Å². The lowest BCUT2D eigenvalue weighted by atomic mass is 10.1. The Bertz CT molecular complexity index is 1040. The highest BCUT2D eigenvalue weighted by Crippen LogP contribution is 2.36. The SMILES string of the molecule is NC(=O)c1ccc([C@H]2CCCN2Cc2coc3ccc(Cl)cc3c2=O)s1. The smallest absolute Gasteiger partial charge is 0.258 e. The molecule has 1 saturated heterocycles. The topological polar surface area (TPSA) is 76.5 Å². The van der Waals surface area contributed by atoms with Crippen LogP contribution < -0.4 is 11.2 Å². The average molecular weight is 389 g/mol. The summed E-state index contributed by atoms with van der Waals surface area (Å²) in [6.45, 7) is 1.39. The van der Waals surface area contributed by atoms with Gasteiger partial charge in [-0.3, -0.25) is 14.5 Å². The van der Waals surface area contributed by atoms with E-state index in [1.165, 1.54) is 17.6 Å². The molecule has 3 aromatic rings. The zero-order chi connectivity index (χ0) is 18.3. The third kappa shape index (κ3) is 3.16. The van der Waals surface area contributed by atoms with Crippen molar-refractivity contribution in [3.05, 3.63) is 67.2 Å². The fourth-order valence-electron chi connectivity index (χ4n) is 3.47. The predicted molar refractivity (Wildman–Crippen MR) is 103 cm³/mol.